The molecule has 0 aliphatic carbocycles. The first-order valence-electron chi connectivity index (χ1n) is 7.40. The molecule has 0 atom stereocenters. The molecule has 0 spiro atoms. The monoisotopic (exact) mass is 342 g/mol. The number of methoxy groups -OCH3 is 2. The molecule has 6 heteroatoms. The standard InChI is InChI=1S/C19H18O6/c1-12(20)25-15-8-5-13(6-9-15)4-7-14-10-16(23-2)11-17(21)18(14)19(22)24-3/h4-11,21H,1-3H3/b7-4+. The molecule has 0 saturated carbocycles. The zero-order chi connectivity index (χ0) is 18.4. The van der Waals surface area contributed by atoms with Gasteiger partial charge in [-0.3, -0.25) is 4.79 Å². The van der Waals surface area contributed by atoms with Crippen LogP contribution in [0.3, 0.4) is 0 Å². The fourth-order valence-corrected chi connectivity index (χ4v) is 2.19. The predicted octanol–water partition coefficient (Wildman–Crippen LogP) is 3.28. The van der Waals surface area contributed by atoms with Crippen LogP contribution in [0.1, 0.15) is 28.4 Å². The summed E-state index contributed by atoms with van der Waals surface area (Å²) in [6, 6.07) is 9.79. The van der Waals surface area contributed by atoms with Gasteiger partial charge in [0.2, 0.25) is 0 Å². The van der Waals surface area contributed by atoms with Crippen LogP contribution in [0.25, 0.3) is 12.2 Å². The van der Waals surface area contributed by atoms with E-state index in [0.717, 1.165) is 5.56 Å². The zero-order valence-electron chi connectivity index (χ0n) is 14.1. The minimum atomic E-state index is -0.648. The number of phenolic OH excluding ortho intramolecular Hbond substituents is 1. The van der Waals surface area contributed by atoms with Crippen LogP contribution in [0.4, 0.5) is 0 Å². The first-order chi connectivity index (χ1) is 11.9. The number of carbonyl (C=O) groups excluding carboxylic acids is 2. The van der Waals surface area contributed by atoms with Gasteiger partial charge in [0, 0.05) is 13.0 Å². The van der Waals surface area contributed by atoms with Crippen molar-refractivity contribution in [1.82, 2.24) is 0 Å². The van der Waals surface area contributed by atoms with Crippen molar-refractivity contribution in [1.29, 1.82) is 0 Å². The Bertz CT molecular complexity index is 805. The van der Waals surface area contributed by atoms with Gasteiger partial charge >= 0.3 is 11.9 Å². The Morgan fingerprint density at radius 2 is 1.68 bits per heavy atom. The molecule has 25 heavy (non-hydrogen) atoms. The summed E-state index contributed by atoms with van der Waals surface area (Å²) in [5, 5.41) is 10.1. The zero-order valence-corrected chi connectivity index (χ0v) is 14.1. The van der Waals surface area contributed by atoms with Gasteiger partial charge in [-0.1, -0.05) is 24.3 Å². The van der Waals surface area contributed by atoms with Crippen molar-refractivity contribution in [3.05, 3.63) is 53.1 Å². The Hall–Kier alpha value is -3.28. The van der Waals surface area contributed by atoms with E-state index in [0.29, 0.717) is 17.1 Å². The molecule has 2 rings (SSSR count). The number of hydrogen-bond donors (Lipinski definition) is 1. The Morgan fingerprint density at radius 3 is 2.24 bits per heavy atom. The smallest absolute Gasteiger partial charge is 0.342 e. The second-order valence-corrected chi connectivity index (χ2v) is 5.10. The Kier molecular flexibility index (Phi) is 5.79. The third-order valence-corrected chi connectivity index (χ3v) is 3.34. The molecule has 0 amide bonds. The van der Waals surface area contributed by atoms with Crippen molar-refractivity contribution in [2.45, 2.75) is 6.92 Å². The highest BCUT2D eigenvalue weighted by atomic mass is 16.5. The van der Waals surface area contributed by atoms with Crippen LogP contribution in [0.15, 0.2) is 36.4 Å². The molecule has 0 fully saturated rings. The van der Waals surface area contributed by atoms with Crippen LogP contribution in [0, 0.1) is 0 Å². The number of phenols is 1. The van der Waals surface area contributed by atoms with Crippen molar-refractivity contribution in [3.8, 4) is 17.2 Å². The Labute approximate surface area is 145 Å². The Balaban J connectivity index is 2.34. The van der Waals surface area contributed by atoms with Crippen LogP contribution in [0.2, 0.25) is 0 Å². The summed E-state index contributed by atoms with van der Waals surface area (Å²) in [7, 11) is 2.71. The van der Waals surface area contributed by atoms with Crippen molar-refractivity contribution in [3.63, 3.8) is 0 Å². The van der Waals surface area contributed by atoms with E-state index in [1.807, 2.05) is 0 Å². The lowest BCUT2D eigenvalue weighted by Crippen LogP contribution is -2.04. The fraction of sp³-hybridized carbons (Fsp3) is 0.158. The highest BCUT2D eigenvalue weighted by Gasteiger charge is 2.17. The summed E-state index contributed by atoms with van der Waals surface area (Å²) < 4.78 is 14.8. The largest absolute Gasteiger partial charge is 0.507 e. The quantitative estimate of drug-likeness (QED) is 0.510. The number of rotatable bonds is 5. The minimum absolute atomic E-state index is 0.0519. The molecule has 0 aliphatic rings. The van der Waals surface area contributed by atoms with Crippen molar-refractivity contribution in [2.75, 3.05) is 14.2 Å². The van der Waals surface area contributed by atoms with Gasteiger partial charge in [-0.25, -0.2) is 4.79 Å². The van der Waals surface area contributed by atoms with E-state index < -0.39 is 11.9 Å². The normalized spacial score (nSPS) is 10.5. The molecule has 0 aliphatic heterocycles. The SMILES string of the molecule is COC(=O)c1c(O)cc(OC)cc1/C=C/c1ccc(OC(C)=O)cc1. The Morgan fingerprint density at radius 1 is 1.00 bits per heavy atom. The van der Waals surface area contributed by atoms with E-state index in [9.17, 15) is 14.7 Å². The fourth-order valence-electron chi connectivity index (χ4n) is 2.19. The molecule has 130 valence electrons. The van der Waals surface area contributed by atoms with Crippen LogP contribution in [-0.2, 0) is 9.53 Å². The van der Waals surface area contributed by atoms with Crippen molar-refractivity contribution >= 4 is 24.1 Å². The lowest BCUT2D eigenvalue weighted by molar-refractivity contribution is -0.131. The number of hydrogen-bond acceptors (Lipinski definition) is 6. The van der Waals surface area contributed by atoms with E-state index in [-0.39, 0.29) is 11.3 Å². The van der Waals surface area contributed by atoms with Gasteiger partial charge in [0.1, 0.15) is 22.8 Å². The molecule has 2 aromatic rings. The number of esters is 2. The highest BCUT2D eigenvalue weighted by molar-refractivity contribution is 5.98. The van der Waals surface area contributed by atoms with E-state index in [1.54, 1.807) is 42.5 Å². The topological polar surface area (TPSA) is 82.1 Å². The molecule has 0 bridgehead atoms. The first-order valence-corrected chi connectivity index (χ1v) is 7.40. The molecule has 0 saturated heterocycles. The third-order valence-electron chi connectivity index (χ3n) is 3.34. The van der Waals surface area contributed by atoms with Crippen LogP contribution in [-0.4, -0.2) is 31.3 Å². The van der Waals surface area contributed by atoms with Crippen molar-refractivity contribution in [2.24, 2.45) is 0 Å². The summed E-state index contributed by atoms with van der Waals surface area (Å²) in [6.07, 6.45) is 3.41. The van der Waals surface area contributed by atoms with Gasteiger partial charge in [-0.2, -0.15) is 0 Å². The molecular weight excluding hydrogens is 324 g/mol. The maximum Gasteiger partial charge on any atom is 0.342 e. The van der Waals surface area contributed by atoms with Gasteiger partial charge in [-0.15, -0.1) is 0 Å². The average molecular weight is 342 g/mol. The number of ether oxygens (including phenoxy) is 3. The molecular formula is C19H18O6. The summed E-state index contributed by atoms with van der Waals surface area (Å²) in [4.78, 5) is 22.8. The van der Waals surface area contributed by atoms with E-state index >= 15 is 0 Å². The molecule has 1 N–H and O–H groups in total. The maximum atomic E-state index is 11.9. The van der Waals surface area contributed by atoms with Gasteiger partial charge in [0.25, 0.3) is 0 Å². The molecule has 0 unspecified atom stereocenters. The van der Waals surface area contributed by atoms with Gasteiger partial charge < -0.3 is 19.3 Å². The van der Waals surface area contributed by atoms with Crippen LogP contribution >= 0.6 is 0 Å². The molecule has 0 aromatic heterocycles. The third kappa shape index (κ3) is 4.60. The summed E-state index contributed by atoms with van der Waals surface area (Å²) >= 11 is 0. The van der Waals surface area contributed by atoms with Crippen molar-refractivity contribution < 1.29 is 28.9 Å². The molecule has 0 heterocycles. The predicted molar refractivity (Wildman–Crippen MR) is 92.7 cm³/mol. The number of benzene rings is 2. The maximum absolute atomic E-state index is 11.9. The second kappa shape index (κ2) is 8.01. The molecule has 2 aromatic carbocycles. The van der Waals surface area contributed by atoms with E-state index in [2.05, 4.69) is 0 Å². The van der Waals surface area contributed by atoms with E-state index in [1.165, 1.54) is 27.2 Å². The van der Waals surface area contributed by atoms with Gasteiger partial charge in [0.15, 0.2) is 0 Å². The lowest BCUT2D eigenvalue weighted by Gasteiger charge is -2.09. The summed E-state index contributed by atoms with van der Waals surface area (Å²) in [5.74, 6) is -0.409. The first kappa shape index (κ1) is 18.1. The minimum Gasteiger partial charge on any atom is -0.507 e. The number of carbonyl (C=O) groups is 2. The highest BCUT2D eigenvalue weighted by Crippen LogP contribution is 2.30. The van der Waals surface area contributed by atoms with Gasteiger partial charge in [0.05, 0.1) is 14.2 Å². The summed E-state index contributed by atoms with van der Waals surface area (Å²) in [6.45, 7) is 1.33. The van der Waals surface area contributed by atoms with E-state index in [4.69, 9.17) is 14.2 Å². The summed E-state index contributed by atoms with van der Waals surface area (Å²) in [5.41, 5.74) is 1.32. The second-order valence-electron chi connectivity index (χ2n) is 5.10. The lowest BCUT2D eigenvalue weighted by atomic mass is 10.0. The molecule has 0 radical (unpaired) electrons. The van der Waals surface area contributed by atoms with Gasteiger partial charge in [-0.05, 0) is 29.3 Å². The van der Waals surface area contributed by atoms with Crippen LogP contribution in [0.5, 0.6) is 17.2 Å². The number of aromatic hydroxyl groups is 1. The molecule has 6 nitrogen and oxygen atoms in total. The average Bonchev–Trinajstić information content (AvgIpc) is 2.59. The van der Waals surface area contributed by atoms with Crippen LogP contribution < -0.4 is 9.47 Å².